The third kappa shape index (κ3) is 6.97. The molecule has 0 bridgehead atoms. The summed E-state index contributed by atoms with van der Waals surface area (Å²) in [7, 11) is 0. The van der Waals surface area contributed by atoms with Crippen molar-refractivity contribution >= 4 is 22.2 Å². The van der Waals surface area contributed by atoms with Gasteiger partial charge in [-0.2, -0.15) is 18.4 Å². The van der Waals surface area contributed by atoms with Crippen LogP contribution in [-0.2, 0) is 16.0 Å². The normalized spacial score (nSPS) is 20.0. The largest absolute Gasteiger partial charge is 0.400 e. The number of aromatic nitrogens is 4. The zero-order valence-corrected chi connectivity index (χ0v) is 19.4. The van der Waals surface area contributed by atoms with E-state index >= 15 is 0 Å². The molecular formula is C21H30F3N5O3S. The first-order valence-electron chi connectivity index (χ1n) is 11.3. The van der Waals surface area contributed by atoms with Crippen LogP contribution < -0.4 is 4.90 Å². The number of hydrogen-bond donors (Lipinski definition) is 2. The first-order chi connectivity index (χ1) is 15.8. The number of amides is 1. The molecule has 3 rings (SSSR count). The van der Waals surface area contributed by atoms with Gasteiger partial charge in [-0.05, 0) is 37.8 Å². The van der Waals surface area contributed by atoms with Gasteiger partial charge in [0.15, 0.2) is 5.82 Å². The van der Waals surface area contributed by atoms with Crippen molar-refractivity contribution in [1.82, 2.24) is 20.6 Å². The number of rotatable bonds is 13. The highest BCUT2D eigenvalue weighted by atomic mass is 32.1. The summed E-state index contributed by atoms with van der Waals surface area (Å²) < 4.78 is 46.0. The van der Waals surface area contributed by atoms with Gasteiger partial charge < -0.3 is 9.84 Å². The summed E-state index contributed by atoms with van der Waals surface area (Å²) in [6.07, 6.45) is -0.0672. The second-order valence-corrected chi connectivity index (χ2v) is 9.33. The highest BCUT2D eigenvalue weighted by molar-refractivity contribution is 7.16. The number of aliphatic hydroxyl groups is 1. The molecule has 33 heavy (non-hydrogen) atoms. The fourth-order valence-corrected chi connectivity index (χ4v) is 5.01. The molecule has 12 heteroatoms. The minimum absolute atomic E-state index is 0.0207. The van der Waals surface area contributed by atoms with Crippen LogP contribution in [0.15, 0.2) is 12.1 Å². The number of halogens is 3. The smallest absolute Gasteiger partial charge is 0.388 e. The van der Waals surface area contributed by atoms with Crippen LogP contribution in [0.4, 0.5) is 18.2 Å². The zero-order valence-electron chi connectivity index (χ0n) is 18.6. The van der Waals surface area contributed by atoms with E-state index < -0.39 is 30.1 Å². The quantitative estimate of drug-likeness (QED) is 0.409. The standard InChI is InChI=1S/C21H30F3N5O3S/c1-2-3-4-7-16(30)17-9-10-19(33-17)29-14(12-15(20(29)31)21(22,23)24)13-32-11-6-5-8-18-25-27-28-26-18/h9-10,14-16,30H,2-8,11-13H2,1H3,(H,25,26,27,28). The highest BCUT2D eigenvalue weighted by Crippen LogP contribution is 2.43. The van der Waals surface area contributed by atoms with Gasteiger partial charge in [0.2, 0.25) is 5.91 Å². The van der Waals surface area contributed by atoms with Gasteiger partial charge in [-0.1, -0.05) is 31.4 Å². The number of nitrogens with zero attached hydrogens (tertiary/aromatic N) is 4. The summed E-state index contributed by atoms with van der Waals surface area (Å²) in [5.41, 5.74) is 0. The Labute approximate surface area is 194 Å². The number of unbranched alkanes of at least 4 members (excludes halogenated alkanes) is 3. The lowest BCUT2D eigenvalue weighted by Crippen LogP contribution is -2.37. The number of aliphatic hydroxyl groups excluding tert-OH is 1. The van der Waals surface area contributed by atoms with Crippen molar-refractivity contribution in [2.24, 2.45) is 5.92 Å². The molecule has 0 aliphatic carbocycles. The molecule has 2 aromatic rings. The van der Waals surface area contributed by atoms with Crippen LogP contribution in [0.1, 0.15) is 68.7 Å². The van der Waals surface area contributed by atoms with Gasteiger partial charge >= 0.3 is 6.18 Å². The molecule has 1 aliphatic heterocycles. The van der Waals surface area contributed by atoms with E-state index in [2.05, 4.69) is 27.5 Å². The topological polar surface area (TPSA) is 104 Å². The highest BCUT2D eigenvalue weighted by Gasteiger charge is 2.54. The van der Waals surface area contributed by atoms with E-state index in [0.29, 0.717) is 41.6 Å². The van der Waals surface area contributed by atoms with Gasteiger partial charge in [0.05, 0.1) is 23.8 Å². The van der Waals surface area contributed by atoms with Gasteiger partial charge in [0.1, 0.15) is 5.92 Å². The number of tetrazole rings is 1. The zero-order chi connectivity index (χ0) is 23.8. The van der Waals surface area contributed by atoms with E-state index in [1.165, 1.54) is 16.2 Å². The van der Waals surface area contributed by atoms with Crippen LogP contribution in [0.3, 0.4) is 0 Å². The maximum Gasteiger partial charge on any atom is 0.400 e. The van der Waals surface area contributed by atoms with Gasteiger partial charge in [0, 0.05) is 17.9 Å². The fraction of sp³-hybridized carbons (Fsp3) is 0.714. The van der Waals surface area contributed by atoms with Crippen LogP contribution >= 0.6 is 11.3 Å². The molecule has 8 nitrogen and oxygen atoms in total. The fourth-order valence-electron chi connectivity index (χ4n) is 3.91. The molecule has 1 fully saturated rings. The summed E-state index contributed by atoms with van der Waals surface area (Å²) in [6, 6.07) is 2.61. The van der Waals surface area contributed by atoms with Crippen molar-refractivity contribution in [1.29, 1.82) is 0 Å². The molecule has 3 heterocycles. The Hall–Kier alpha value is -2.05. The lowest BCUT2D eigenvalue weighted by atomic mass is 10.1. The molecule has 1 amide bonds. The summed E-state index contributed by atoms with van der Waals surface area (Å²) in [5, 5.41) is 24.4. The minimum atomic E-state index is -4.60. The van der Waals surface area contributed by atoms with Crippen LogP contribution in [0.2, 0.25) is 0 Å². The number of aryl methyl sites for hydroxylation is 1. The van der Waals surface area contributed by atoms with Crippen LogP contribution in [-0.4, -0.2) is 57.1 Å². The van der Waals surface area contributed by atoms with E-state index in [1.807, 2.05) is 0 Å². The number of alkyl halides is 3. The summed E-state index contributed by atoms with van der Waals surface area (Å²) in [4.78, 5) is 14.6. The minimum Gasteiger partial charge on any atom is -0.388 e. The van der Waals surface area contributed by atoms with Gasteiger partial charge in [-0.15, -0.1) is 21.5 Å². The predicted molar refractivity (Wildman–Crippen MR) is 117 cm³/mol. The Morgan fingerprint density at radius 1 is 1.30 bits per heavy atom. The van der Waals surface area contributed by atoms with Crippen molar-refractivity contribution < 1.29 is 27.8 Å². The molecule has 2 N–H and O–H groups in total. The van der Waals surface area contributed by atoms with Crippen molar-refractivity contribution in [3.63, 3.8) is 0 Å². The Balaban J connectivity index is 1.58. The average molecular weight is 490 g/mol. The van der Waals surface area contributed by atoms with Crippen LogP contribution in [0.25, 0.3) is 0 Å². The number of hydrogen-bond acceptors (Lipinski definition) is 7. The summed E-state index contributed by atoms with van der Waals surface area (Å²) in [6.45, 7) is 2.45. The number of carbonyl (C=O) groups is 1. The van der Waals surface area contributed by atoms with Crippen molar-refractivity contribution in [3.8, 4) is 0 Å². The molecule has 184 valence electrons. The Morgan fingerprint density at radius 3 is 2.82 bits per heavy atom. The number of anilines is 1. The monoisotopic (exact) mass is 489 g/mol. The molecular weight excluding hydrogens is 459 g/mol. The molecule has 3 unspecified atom stereocenters. The first kappa shape index (κ1) is 25.6. The van der Waals surface area contributed by atoms with E-state index in [-0.39, 0.29) is 13.0 Å². The van der Waals surface area contributed by atoms with E-state index in [1.54, 1.807) is 12.1 Å². The average Bonchev–Trinajstić information content (AvgIpc) is 3.50. The van der Waals surface area contributed by atoms with E-state index in [9.17, 15) is 23.1 Å². The molecule has 1 aliphatic rings. The Morgan fingerprint density at radius 2 is 2.12 bits per heavy atom. The molecule has 2 aromatic heterocycles. The predicted octanol–water partition coefficient (Wildman–Crippen LogP) is 4.20. The lowest BCUT2D eigenvalue weighted by Gasteiger charge is -2.23. The third-order valence-electron chi connectivity index (χ3n) is 5.70. The molecule has 0 spiro atoms. The van der Waals surface area contributed by atoms with Gasteiger partial charge in [0.25, 0.3) is 0 Å². The molecule has 0 aromatic carbocycles. The number of nitrogens with one attached hydrogen (secondary N) is 1. The Kier molecular flexibility index (Phi) is 9.21. The molecule has 3 atom stereocenters. The number of thiophene rings is 1. The molecule has 0 radical (unpaired) electrons. The number of H-pyrrole nitrogens is 1. The van der Waals surface area contributed by atoms with Crippen molar-refractivity contribution in [2.45, 2.75) is 76.6 Å². The molecule has 1 saturated heterocycles. The third-order valence-corrected chi connectivity index (χ3v) is 6.89. The van der Waals surface area contributed by atoms with Gasteiger partial charge in [-0.3, -0.25) is 9.69 Å². The summed E-state index contributed by atoms with van der Waals surface area (Å²) >= 11 is 1.17. The van der Waals surface area contributed by atoms with Crippen LogP contribution in [0.5, 0.6) is 0 Å². The lowest BCUT2D eigenvalue weighted by molar-refractivity contribution is -0.177. The van der Waals surface area contributed by atoms with Crippen molar-refractivity contribution in [3.05, 3.63) is 22.8 Å². The number of carbonyl (C=O) groups excluding carboxylic acids is 1. The second-order valence-electron chi connectivity index (χ2n) is 8.24. The second kappa shape index (κ2) is 11.9. The Bertz CT molecular complexity index is 862. The van der Waals surface area contributed by atoms with Crippen molar-refractivity contribution in [2.75, 3.05) is 18.1 Å². The molecule has 0 saturated carbocycles. The first-order valence-corrected chi connectivity index (χ1v) is 12.1. The maximum absolute atomic E-state index is 13.5. The summed E-state index contributed by atoms with van der Waals surface area (Å²) in [5.74, 6) is -2.40. The van der Waals surface area contributed by atoms with Crippen LogP contribution in [0, 0.1) is 5.92 Å². The van der Waals surface area contributed by atoms with Gasteiger partial charge in [-0.25, -0.2) is 0 Å². The number of aromatic amines is 1. The van der Waals surface area contributed by atoms with E-state index in [4.69, 9.17) is 4.74 Å². The van der Waals surface area contributed by atoms with E-state index in [0.717, 1.165) is 25.7 Å². The maximum atomic E-state index is 13.5. The number of ether oxygens (including phenoxy) is 1. The SMILES string of the molecule is CCCCCC(O)c1ccc(N2C(=O)C(C(F)(F)F)CC2COCCCCc2nn[nH]n2)s1.